The molecule has 28 heavy (non-hydrogen) atoms. The molecule has 1 saturated heterocycles. The molecule has 1 aromatic carbocycles. The summed E-state index contributed by atoms with van der Waals surface area (Å²) in [6.45, 7) is 4.83. The van der Waals surface area contributed by atoms with Gasteiger partial charge in [0.25, 0.3) is 0 Å². The van der Waals surface area contributed by atoms with E-state index in [1.54, 1.807) is 0 Å². The van der Waals surface area contributed by atoms with Gasteiger partial charge in [-0.1, -0.05) is 6.07 Å². The van der Waals surface area contributed by atoms with Crippen LogP contribution in [0.5, 0.6) is 0 Å². The van der Waals surface area contributed by atoms with Crippen LogP contribution in [0.2, 0.25) is 0 Å². The molecule has 0 radical (unpaired) electrons. The third kappa shape index (κ3) is 3.05. The molecule has 1 heterocycles. The number of likely N-dealkylation sites (tertiary alicyclic amines) is 1. The van der Waals surface area contributed by atoms with Crippen molar-refractivity contribution in [3.05, 3.63) is 29.3 Å². The molecule has 4 heteroatoms. The molecule has 1 aromatic rings. The second kappa shape index (κ2) is 6.60. The molecule has 1 atom stereocenters. The molecule has 0 spiro atoms. The number of carbonyl (C=O) groups excluding carboxylic acids is 2. The number of amides is 2. The zero-order valence-electron chi connectivity index (χ0n) is 17.2. The molecule has 4 bridgehead atoms. The van der Waals surface area contributed by atoms with Crippen LogP contribution in [0.15, 0.2) is 18.2 Å². The van der Waals surface area contributed by atoms with Crippen LogP contribution in [-0.2, 0) is 9.59 Å². The van der Waals surface area contributed by atoms with Crippen LogP contribution in [0.1, 0.15) is 62.5 Å². The van der Waals surface area contributed by atoms with Crippen molar-refractivity contribution in [2.24, 2.45) is 23.2 Å². The van der Waals surface area contributed by atoms with Gasteiger partial charge >= 0.3 is 0 Å². The highest BCUT2D eigenvalue weighted by Crippen LogP contribution is 2.60. The van der Waals surface area contributed by atoms with Gasteiger partial charge in [0, 0.05) is 12.2 Å². The Kier molecular flexibility index (Phi) is 4.29. The van der Waals surface area contributed by atoms with E-state index in [9.17, 15) is 9.59 Å². The lowest BCUT2D eigenvalue weighted by molar-refractivity contribution is -0.160. The Bertz CT molecular complexity index is 759. The molecule has 4 aliphatic carbocycles. The first-order valence-corrected chi connectivity index (χ1v) is 11.1. The summed E-state index contributed by atoms with van der Waals surface area (Å²) in [5.74, 6) is 2.53. The lowest BCUT2D eigenvalue weighted by Gasteiger charge is -2.56. The Morgan fingerprint density at radius 1 is 0.964 bits per heavy atom. The summed E-state index contributed by atoms with van der Waals surface area (Å²) in [7, 11) is 0. The summed E-state index contributed by atoms with van der Waals surface area (Å²) in [5.41, 5.74) is 2.97. The minimum absolute atomic E-state index is 0.0134. The zero-order chi connectivity index (χ0) is 19.5. The van der Waals surface area contributed by atoms with Crippen LogP contribution in [0.4, 0.5) is 5.69 Å². The van der Waals surface area contributed by atoms with Gasteiger partial charge in [0.05, 0.1) is 5.41 Å². The van der Waals surface area contributed by atoms with Gasteiger partial charge in [0.1, 0.15) is 6.04 Å². The molecule has 4 saturated carbocycles. The Balaban J connectivity index is 1.34. The summed E-state index contributed by atoms with van der Waals surface area (Å²) in [5, 5.41) is 3.09. The van der Waals surface area contributed by atoms with Gasteiger partial charge < -0.3 is 10.2 Å². The predicted octanol–water partition coefficient (Wildman–Crippen LogP) is 4.45. The molecular weight excluding hydrogens is 348 g/mol. The fraction of sp³-hybridized carbons (Fsp3) is 0.667. The third-order valence-electron chi connectivity index (χ3n) is 7.80. The van der Waals surface area contributed by atoms with E-state index in [0.717, 1.165) is 73.2 Å². The van der Waals surface area contributed by atoms with Crippen LogP contribution in [0, 0.1) is 37.0 Å². The van der Waals surface area contributed by atoms with Crippen molar-refractivity contribution in [3.63, 3.8) is 0 Å². The van der Waals surface area contributed by atoms with Crippen LogP contribution in [0.25, 0.3) is 0 Å². The number of hydrogen-bond donors (Lipinski definition) is 1. The number of anilines is 1. The Morgan fingerprint density at radius 2 is 1.54 bits per heavy atom. The summed E-state index contributed by atoms with van der Waals surface area (Å²) >= 11 is 0. The number of carbonyl (C=O) groups is 2. The lowest BCUT2D eigenvalue weighted by atomic mass is 9.49. The van der Waals surface area contributed by atoms with E-state index >= 15 is 0 Å². The number of nitrogens with zero attached hydrogens (tertiary/aromatic N) is 1. The van der Waals surface area contributed by atoms with E-state index in [-0.39, 0.29) is 17.4 Å². The molecule has 0 unspecified atom stereocenters. The first-order valence-electron chi connectivity index (χ1n) is 11.1. The minimum Gasteiger partial charge on any atom is -0.330 e. The zero-order valence-corrected chi connectivity index (χ0v) is 17.2. The largest absolute Gasteiger partial charge is 0.330 e. The highest BCUT2D eigenvalue weighted by molar-refractivity contribution is 5.98. The summed E-state index contributed by atoms with van der Waals surface area (Å²) < 4.78 is 0. The standard InChI is InChI=1S/C24H32N2O2/c1-15-6-16(2)8-20(7-15)25-22(27)21-4-3-5-26(21)23(28)24-12-17-9-18(13-24)11-19(10-17)14-24/h6-8,17-19,21H,3-5,9-14H2,1-2H3,(H,25,27)/t17?,18?,19?,21-,24?/m1/s1. The maximum atomic E-state index is 13.7. The molecule has 4 nitrogen and oxygen atoms in total. The Morgan fingerprint density at radius 3 is 2.11 bits per heavy atom. The number of aryl methyl sites for hydroxylation is 2. The normalized spacial score (nSPS) is 36.0. The molecule has 5 aliphatic rings. The SMILES string of the molecule is Cc1cc(C)cc(NC(=O)[C@H]2CCCN2C(=O)C23CC4CC(CC(C4)C2)C3)c1. The Hall–Kier alpha value is -1.84. The molecule has 150 valence electrons. The molecule has 1 N–H and O–H groups in total. The molecule has 2 amide bonds. The monoisotopic (exact) mass is 380 g/mol. The van der Waals surface area contributed by atoms with Gasteiger partial charge in [-0.15, -0.1) is 0 Å². The van der Waals surface area contributed by atoms with Crippen molar-refractivity contribution in [3.8, 4) is 0 Å². The first-order chi connectivity index (χ1) is 13.4. The van der Waals surface area contributed by atoms with Crippen molar-refractivity contribution in [2.45, 2.75) is 71.3 Å². The van der Waals surface area contributed by atoms with Crippen molar-refractivity contribution in [1.82, 2.24) is 4.90 Å². The number of benzene rings is 1. The molecule has 1 aliphatic heterocycles. The van der Waals surface area contributed by atoms with Gasteiger partial charge in [0.2, 0.25) is 11.8 Å². The van der Waals surface area contributed by atoms with Gasteiger partial charge in [-0.25, -0.2) is 0 Å². The Labute approximate surface area is 168 Å². The topological polar surface area (TPSA) is 49.4 Å². The van der Waals surface area contributed by atoms with Crippen molar-refractivity contribution >= 4 is 17.5 Å². The second-order valence-corrected chi connectivity index (χ2v) is 10.2. The fourth-order valence-corrected chi connectivity index (χ4v) is 7.23. The summed E-state index contributed by atoms with van der Waals surface area (Å²) in [6, 6.07) is 5.81. The highest BCUT2D eigenvalue weighted by atomic mass is 16.2. The van der Waals surface area contributed by atoms with E-state index in [4.69, 9.17) is 0 Å². The van der Waals surface area contributed by atoms with E-state index < -0.39 is 0 Å². The average Bonchev–Trinajstić information content (AvgIpc) is 3.08. The van der Waals surface area contributed by atoms with E-state index in [2.05, 4.69) is 11.4 Å². The maximum absolute atomic E-state index is 13.7. The van der Waals surface area contributed by atoms with Crippen LogP contribution >= 0.6 is 0 Å². The van der Waals surface area contributed by atoms with Gasteiger partial charge in [-0.2, -0.15) is 0 Å². The van der Waals surface area contributed by atoms with E-state index in [0.29, 0.717) is 5.91 Å². The maximum Gasteiger partial charge on any atom is 0.247 e. The molecule has 6 rings (SSSR count). The van der Waals surface area contributed by atoms with Crippen molar-refractivity contribution in [1.29, 1.82) is 0 Å². The quantitative estimate of drug-likeness (QED) is 0.842. The van der Waals surface area contributed by atoms with Crippen LogP contribution in [0.3, 0.4) is 0 Å². The first kappa shape index (κ1) is 18.2. The van der Waals surface area contributed by atoms with Gasteiger partial charge in [-0.05, 0) is 106 Å². The number of nitrogens with one attached hydrogen (secondary N) is 1. The van der Waals surface area contributed by atoms with E-state index in [1.807, 2.05) is 30.9 Å². The number of hydrogen-bond acceptors (Lipinski definition) is 2. The minimum atomic E-state index is -0.304. The average molecular weight is 381 g/mol. The predicted molar refractivity (Wildman–Crippen MR) is 110 cm³/mol. The molecular formula is C24H32N2O2. The fourth-order valence-electron chi connectivity index (χ4n) is 7.23. The number of rotatable bonds is 3. The van der Waals surface area contributed by atoms with Crippen LogP contribution < -0.4 is 5.32 Å². The second-order valence-electron chi connectivity index (χ2n) is 10.2. The van der Waals surface area contributed by atoms with Gasteiger partial charge in [-0.3, -0.25) is 9.59 Å². The third-order valence-corrected chi connectivity index (χ3v) is 7.80. The smallest absolute Gasteiger partial charge is 0.247 e. The van der Waals surface area contributed by atoms with Gasteiger partial charge in [0.15, 0.2) is 0 Å². The molecule has 5 fully saturated rings. The summed E-state index contributed by atoms with van der Waals surface area (Å²) in [6.07, 6.45) is 8.94. The summed E-state index contributed by atoms with van der Waals surface area (Å²) in [4.78, 5) is 28.7. The van der Waals surface area contributed by atoms with Crippen LogP contribution in [-0.4, -0.2) is 29.3 Å². The van der Waals surface area contributed by atoms with Crippen molar-refractivity contribution < 1.29 is 9.59 Å². The lowest BCUT2D eigenvalue weighted by Crippen LogP contribution is -2.56. The van der Waals surface area contributed by atoms with Crippen molar-refractivity contribution in [2.75, 3.05) is 11.9 Å². The molecule has 0 aromatic heterocycles. The van der Waals surface area contributed by atoms with E-state index in [1.165, 1.54) is 19.3 Å². The highest BCUT2D eigenvalue weighted by Gasteiger charge is 2.56.